The van der Waals surface area contributed by atoms with Crippen LogP contribution in [0.4, 0.5) is 0 Å². The molecule has 0 aromatic heterocycles. The number of carboxylic acids is 1. The van der Waals surface area contributed by atoms with Gasteiger partial charge in [0.05, 0.1) is 9.89 Å². The Labute approximate surface area is 119 Å². The summed E-state index contributed by atoms with van der Waals surface area (Å²) in [6.07, 6.45) is 2.34. The van der Waals surface area contributed by atoms with Gasteiger partial charge in [-0.05, 0) is 52.9 Å². The van der Waals surface area contributed by atoms with Crippen molar-refractivity contribution in [3.63, 3.8) is 0 Å². The Kier molecular flexibility index (Phi) is 2.96. The minimum Gasteiger partial charge on any atom is -0.486 e. The minimum atomic E-state index is -0.748. The second kappa shape index (κ2) is 4.40. The van der Waals surface area contributed by atoms with Crippen LogP contribution in [-0.4, -0.2) is 24.3 Å². The molecule has 1 heterocycles. The van der Waals surface area contributed by atoms with E-state index in [9.17, 15) is 9.90 Å². The summed E-state index contributed by atoms with van der Waals surface area (Å²) in [5, 5.41) is 9.57. The quantitative estimate of drug-likeness (QED) is 0.907. The predicted octanol–water partition coefficient (Wildman–Crippen LogP) is 3.04. The molecule has 0 saturated heterocycles. The third-order valence-electron chi connectivity index (χ3n) is 4.15. The van der Waals surface area contributed by atoms with E-state index >= 15 is 0 Å². The van der Waals surface area contributed by atoms with Crippen LogP contribution in [0.15, 0.2) is 10.5 Å². The Bertz CT molecular complexity index is 549. The molecule has 0 amide bonds. The fourth-order valence-electron chi connectivity index (χ4n) is 2.86. The average molecular weight is 327 g/mol. The largest absolute Gasteiger partial charge is 0.486 e. The molecule has 0 atom stereocenters. The van der Waals surface area contributed by atoms with Crippen molar-refractivity contribution in [1.82, 2.24) is 0 Å². The van der Waals surface area contributed by atoms with Crippen molar-refractivity contribution in [1.29, 1.82) is 0 Å². The van der Waals surface area contributed by atoms with Crippen LogP contribution in [0, 0.1) is 6.92 Å². The number of halogens is 1. The number of hydrogen-bond acceptors (Lipinski definition) is 3. The van der Waals surface area contributed by atoms with Gasteiger partial charge < -0.3 is 14.6 Å². The van der Waals surface area contributed by atoms with Gasteiger partial charge in [-0.1, -0.05) is 6.42 Å². The van der Waals surface area contributed by atoms with Gasteiger partial charge in [-0.2, -0.15) is 0 Å². The minimum absolute atomic E-state index is 0.502. The molecule has 3 rings (SSSR count). The molecule has 19 heavy (non-hydrogen) atoms. The highest BCUT2D eigenvalue weighted by atomic mass is 79.9. The second-order valence-electron chi connectivity index (χ2n) is 5.13. The topological polar surface area (TPSA) is 55.8 Å². The van der Waals surface area contributed by atoms with Crippen LogP contribution < -0.4 is 9.47 Å². The van der Waals surface area contributed by atoms with Gasteiger partial charge in [0.25, 0.3) is 0 Å². The van der Waals surface area contributed by atoms with Gasteiger partial charge in [0, 0.05) is 0 Å². The van der Waals surface area contributed by atoms with Crippen molar-refractivity contribution >= 4 is 21.9 Å². The smallest absolute Gasteiger partial charge is 0.314 e. The van der Waals surface area contributed by atoms with Gasteiger partial charge in [-0.3, -0.25) is 4.79 Å². The zero-order valence-electron chi connectivity index (χ0n) is 10.7. The Morgan fingerprint density at radius 2 is 2.05 bits per heavy atom. The van der Waals surface area contributed by atoms with Crippen molar-refractivity contribution in [2.24, 2.45) is 0 Å². The van der Waals surface area contributed by atoms with Gasteiger partial charge >= 0.3 is 5.97 Å². The number of benzene rings is 1. The lowest BCUT2D eigenvalue weighted by molar-refractivity contribution is -0.147. The normalized spacial score (nSPS) is 19.7. The summed E-state index contributed by atoms with van der Waals surface area (Å²) < 4.78 is 12.0. The summed E-state index contributed by atoms with van der Waals surface area (Å²) in [6.45, 7) is 2.96. The molecule has 1 aliphatic heterocycles. The van der Waals surface area contributed by atoms with E-state index in [2.05, 4.69) is 15.9 Å². The lowest BCUT2D eigenvalue weighted by Crippen LogP contribution is -2.43. The van der Waals surface area contributed by atoms with Crippen LogP contribution in [0.25, 0.3) is 0 Å². The Balaban J connectivity index is 2.17. The van der Waals surface area contributed by atoms with Crippen LogP contribution in [-0.2, 0) is 10.2 Å². The molecule has 1 aromatic carbocycles. The van der Waals surface area contributed by atoms with Crippen LogP contribution in [0.2, 0.25) is 0 Å². The zero-order chi connectivity index (χ0) is 13.6. The maximum absolute atomic E-state index is 11.6. The molecule has 1 saturated carbocycles. The van der Waals surface area contributed by atoms with E-state index in [1.54, 1.807) is 0 Å². The first-order valence-corrected chi connectivity index (χ1v) is 7.18. The monoisotopic (exact) mass is 326 g/mol. The molecule has 2 aliphatic rings. The maximum Gasteiger partial charge on any atom is 0.314 e. The van der Waals surface area contributed by atoms with Gasteiger partial charge in [-0.15, -0.1) is 0 Å². The first kappa shape index (κ1) is 12.8. The molecule has 1 aromatic rings. The molecule has 0 unspecified atom stereocenters. The highest BCUT2D eigenvalue weighted by Crippen LogP contribution is 2.50. The number of fused-ring (bicyclic) bond motifs is 1. The second-order valence-corrected chi connectivity index (χ2v) is 5.92. The molecule has 5 heteroatoms. The van der Waals surface area contributed by atoms with E-state index in [4.69, 9.17) is 9.47 Å². The SMILES string of the molecule is Cc1c(C2(C(=O)O)CCC2)cc2c(c1Br)OCCO2. The summed E-state index contributed by atoms with van der Waals surface area (Å²) in [5.74, 6) is 0.587. The van der Waals surface area contributed by atoms with Crippen molar-refractivity contribution < 1.29 is 19.4 Å². The maximum atomic E-state index is 11.6. The first-order valence-electron chi connectivity index (χ1n) is 6.39. The lowest BCUT2D eigenvalue weighted by atomic mass is 9.63. The summed E-state index contributed by atoms with van der Waals surface area (Å²) in [5.41, 5.74) is 1.04. The van der Waals surface area contributed by atoms with Gasteiger partial charge in [0.1, 0.15) is 13.2 Å². The third kappa shape index (κ3) is 1.75. The molecule has 0 radical (unpaired) electrons. The van der Waals surface area contributed by atoms with E-state index in [1.165, 1.54) is 0 Å². The van der Waals surface area contributed by atoms with Gasteiger partial charge in [0.2, 0.25) is 0 Å². The standard InChI is InChI=1S/C14H15BrO4/c1-8-9(14(13(16)17)3-2-4-14)7-10-12(11(8)15)19-6-5-18-10/h7H,2-6H2,1H3,(H,16,17). The van der Waals surface area contributed by atoms with E-state index in [0.717, 1.165) is 22.0 Å². The third-order valence-corrected chi connectivity index (χ3v) is 5.11. The highest BCUT2D eigenvalue weighted by Gasteiger charge is 2.47. The molecular formula is C14H15BrO4. The Hall–Kier alpha value is -1.23. The van der Waals surface area contributed by atoms with E-state index < -0.39 is 11.4 Å². The van der Waals surface area contributed by atoms with Gasteiger partial charge in [-0.25, -0.2) is 0 Å². The molecular weight excluding hydrogens is 312 g/mol. The van der Waals surface area contributed by atoms with E-state index in [1.807, 2.05) is 13.0 Å². The predicted molar refractivity (Wildman–Crippen MR) is 73.0 cm³/mol. The lowest BCUT2D eigenvalue weighted by Gasteiger charge is -2.40. The average Bonchev–Trinajstić information content (AvgIpc) is 2.33. The summed E-state index contributed by atoms with van der Waals surface area (Å²) >= 11 is 3.51. The fourth-order valence-corrected chi connectivity index (χ4v) is 3.39. The molecule has 1 aliphatic carbocycles. The summed E-state index contributed by atoms with van der Waals surface area (Å²) in [4.78, 5) is 11.6. The van der Waals surface area contributed by atoms with E-state index in [0.29, 0.717) is 37.6 Å². The Morgan fingerprint density at radius 3 is 2.63 bits per heavy atom. The summed E-state index contributed by atoms with van der Waals surface area (Å²) in [6, 6.07) is 1.85. The fraction of sp³-hybridized carbons (Fsp3) is 0.500. The molecule has 0 bridgehead atoms. The zero-order valence-corrected chi connectivity index (χ0v) is 12.2. The number of ether oxygens (including phenoxy) is 2. The number of carboxylic acid groups (broad SMARTS) is 1. The van der Waals surface area contributed by atoms with Gasteiger partial charge in [0.15, 0.2) is 11.5 Å². The van der Waals surface area contributed by atoms with Crippen LogP contribution in [0.1, 0.15) is 30.4 Å². The number of hydrogen-bond donors (Lipinski definition) is 1. The molecule has 102 valence electrons. The van der Waals surface area contributed by atoms with Crippen LogP contribution in [0.5, 0.6) is 11.5 Å². The number of aliphatic carboxylic acids is 1. The molecule has 4 nitrogen and oxygen atoms in total. The van der Waals surface area contributed by atoms with Crippen LogP contribution >= 0.6 is 15.9 Å². The van der Waals surface area contributed by atoms with Crippen molar-refractivity contribution in [2.45, 2.75) is 31.6 Å². The highest BCUT2D eigenvalue weighted by molar-refractivity contribution is 9.10. The van der Waals surface area contributed by atoms with Crippen molar-refractivity contribution in [3.8, 4) is 11.5 Å². The number of rotatable bonds is 2. The number of carbonyl (C=O) groups is 1. The molecule has 1 N–H and O–H groups in total. The summed E-state index contributed by atoms with van der Waals surface area (Å²) in [7, 11) is 0. The Morgan fingerprint density at radius 1 is 1.37 bits per heavy atom. The van der Waals surface area contributed by atoms with Crippen molar-refractivity contribution in [2.75, 3.05) is 13.2 Å². The molecule has 1 fully saturated rings. The van der Waals surface area contributed by atoms with E-state index in [-0.39, 0.29) is 0 Å². The molecule has 0 spiro atoms. The first-order chi connectivity index (χ1) is 9.06. The van der Waals surface area contributed by atoms with Crippen molar-refractivity contribution in [3.05, 3.63) is 21.7 Å². The van der Waals surface area contributed by atoms with Crippen LogP contribution in [0.3, 0.4) is 0 Å².